The van der Waals surface area contributed by atoms with Crippen molar-refractivity contribution in [1.29, 1.82) is 0 Å². The molecule has 1 aromatic carbocycles. The maximum absolute atomic E-state index is 12.1. The summed E-state index contributed by atoms with van der Waals surface area (Å²) in [4.78, 5) is 33.4. The third-order valence-corrected chi connectivity index (χ3v) is 7.21. The number of fused-ring (bicyclic) bond motifs is 4. The quantitative estimate of drug-likeness (QED) is 0.421. The number of nitrogens with one attached hydrogen (secondary N) is 2. The number of benzene rings is 1. The first-order valence-corrected chi connectivity index (χ1v) is 11.4. The molecule has 0 radical (unpaired) electrons. The summed E-state index contributed by atoms with van der Waals surface area (Å²) < 4.78 is 0. The predicted octanol–water partition coefficient (Wildman–Crippen LogP) is 4.38. The van der Waals surface area contributed by atoms with Gasteiger partial charge in [0.1, 0.15) is 17.8 Å². The summed E-state index contributed by atoms with van der Waals surface area (Å²) in [6, 6.07) is 11.7. The third-order valence-electron chi connectivity index (χ3n) is 7.21. The summed E-state index contributed by atoms with van der Waals surface area (Å²) in [5.74, 6) is 0.661. The third kappa shape index (κ3) is 3.51. The average Bonchev–Trinajstić information content (AvgIpc) is 3.29. The van der Waals surface area contributed by atoms with E-state index in [-0.39, 0.29) is 12.0 Å². The van der Waals surface area contributed by atoms with Crippen molar-refractivity contribution < 1.29 is 9.90 Å². The Morgan fingerprint density at radius 2 is 1.85 bits per heavy atom. The van der Waals surface area contributed by atoms with E-state index in [1.807, 2.05) is 42.6 Å². The Bertz CT molecular complexity index is 1310. The van der Waals surface area contributed by atoms with Gasteiger partial charge >= 0.3 is 5.97 Å². The van der Waals surface area contributed by atoms with E-state index in [2.05, 4.69) is 20.3 Å². The van der Waals surface area contributed by atoms with Crippen LogP contribution in [0.5, 0.6) is 0 Å². The first kappa shape index (κ1) is 19.8. The zero-order valence-electron chi connectivity index (χ0n) is 18.0. The van der Waals surface area contributed by atoms with Gasteiger partial charge in [0.25, 0.3) is 0 Å². The maximum atomic E-state index is 12.1. The molecule has 3 aliphatic carbocycles. The van der Waals surface area contributed by atoms with E-state index in [0.717, 1.165) is 53.5 Å². The van der Waals surface area contributed by atoms with Gasteiger partial charge in [-0.3, -0.25) is 4.79 Å². The Hall–Kier alpha value is -3.81. The average molecular weight is 441 g/mol. The minimum atomic E-state index is -0.715. The van der Waals surface area contributed by atoms with Crippen LogP contribution in [0.3, 0.4) is 0 Å². The van der Waals surface area contributed by atoms with Gasteiger partial charge in [-0.2, -0.15) is 0 Å². The normalized spacial score (nSPS) is 24.1. The van der Waals surface area contributed by atoms with Crippen LogP contribution in [0.4, 0.5) is 5.82 Å². The van der Waals surface area contributed by atoms with E-state index in [4.69, 9.17) is 9.97 Å². The van der Waals surface area contributed by atoms with Crippen molar-refractivity contribution >= 4 is 22.8 Å². The number of H-pyrrole nitrogens is 1. The molecule has 2 bridgehead atoms. The van der Waals surface area contributed by atoms with Gasteiger partial charge in [0.2, 0.25) is 0 Å². The molecule has 2 atom stereocenters. The van der Waals surface area contributed by atoms with Crippen molar-refractivity contribution in [2.24, 2.45) is 17.8 Å². The molecule has 0 aliphatic heterocycles. The van der Waals surface area contributed by atoms with Crippen molar-refractivity contribution in [3.8, 4) is 22.6 Å². The Morgan fingerprint density at radius 3 is 2.64 bits per heavy atom. The topological polar surface area (TPSA) is 117 Å². The van der Waals surface area contributed by atoms with E-state index in [0.29, 0.717) is 17.6 Å². The van der Waals surface area contributed by atoms with Gasteiger partial charge in [0.05, 0.1) is 11.6 Å². The lowest BCUT2D eigenvalue weighted by Crippen LogP contribution is -2.51. The molecule has 3 aliphatic rings. The van der Waals surface area contributed by atoms with Crippen molar-refractivity contribution in [1.82, 2.24) is 24.9 Å². The monoisotopic (exact) mass is 440 g/mol. The van der Waals surface area contributed by atoms with Crippen LogP contribution in [0.15, 0.2) is 55.1 Å². The second kappa shape index (κ2) is 7.95. The van der Waals surface area contributed by atoms with Crippen LogP contribution in [0.1, 0.15) is 25.7 Å². The van der Waals surface area contributed by atoms with Crippen molar-refractivity contribution in [2.45, 2.75) is 31.7 Å². The number of rotatable bonds is 5. The zero-order valence-corrected chi connectivity index (χ0v) is 18.0. The summed E-state index contributed by atoms with van der Waals surface area (Å²) in [5.41, 5.74) is 3.28. The number of carboxylic acid groups (broad SMARTS) is 1. The second-order valence-corrected chi connectivity index (χ2v) is 9.02. The van der Waals surface area contributed by atoms with Crippen LogP contribution in [0.25, 0.3) is 33.7 Å². The number of anilines is 1. The van der Waals surface area contributed by atoms with Crippen molar-refractivity contribution in [3.63, 3.8) is 0 Å². The summed E-state index contributed by atoms with van der Waals surface area (Å²) in [7, 11) is 0. The molecule has 3 N–H and O–H groups in total. The molecule has 3 fully saturated rings. The minimum absolute atomic E-state index is 0.132. The lowest BCUT2D eigenvalue weighted by Gasteiger charge is -2.47. The first-order chi connectivity index (χ1) is 16.2. The highest BCUT2D eigenvalue weighted by Gasteiger charge is 2.47. The largest absolute Gasteiger partial charge is 0.481 e. The molecular weight excluding hydrogens is 416 g/mol. The van der Waals surface area contributed by atoms with Crippen LogP contribution in [0.2, 0.25) is 0 Å². The fourth-order valence-electron chi connectivity index (χ4n) is 5.63. The van der Waals surface area contributed by atoms with E-state index >= 15 is 0 Å². The second-order valence-electron chi connectivity index (χ2n) is 9.02. The predicted molar refractivity (Wildman–Crippen MR) is 124 cm³/mol. The minimum Gasteiger partial charge on any atom is -0.481 e. The van der Waals surface area contributed by atoms with Crippen molar-refractivity contribution in [2.75, 3.05) is 5.32 Å². The van der Waals surface area contributed by atoms with Crippen LogP contribution in [-0.4, -0.2) is 42.0 Å². The van der Waals surface area contributed by atoms with E-state index in [1.165, 1.54) is 6.33 Å². The fourth-order valence-corrected chi connectivity index (χ4v) is 5.63. The SMILES string of the molecule is O=C(O)[C@H]1C2CCC(CC2)[C@@H]1Nc1cc(-c2ccccc2)nc(-c2c[nH]c3ncncc23)n1. The molecule has 0 saturated heterocycles. The number of carboxylic acids is 1. The van der Waals surface area contributed by atoms with Gasteiger partial charge in [-0.15, -0.1) is 0 Å². The molecular formula is C25H24N6O2. The molecule has 3 aromatic heterocycles. The van der Waals surface area contributed by atoms with Gasteiger partial charge in [0, 0.05) is 41.0 Å². The van der Waals surface area contributed by atoms with E-state index < -0.39 is 11.9 Å². The van der Waals surface area contributed by atoms with E-state index in [9.17, 15) is 9.90 Å². The Balaban J connectivity index is 1.45. The molecule has 0 unspecified atom stereocenters. The Kier molecular flexibility index (Phi) is 4.78. The number of aliphatic carboxylic acids is 1. The number of aromatic amines is 1. The lowest BCUT2D eigenvalue weighted by molar-refractivity contribution is -0.148. The fraction of sp³-hybridized carbons (Fsp3) is 0.320. The molecule has 8 heteroatoms. The zero-order chi connectivity index (χ0) is 22.4. The molecule has 3 heterocycles. The van der Waals surface area contributed by atoms with Crippen molar-refractivity contribution in [3.05, 3.63) is 55.1 Å². The Morgan fingerprint density at radius 1 is 1.06 bits per heavy atom. The van der Waals surface area contributed by atoms with Gasteiger partial charge < -0.3 is 15.4 Å². The first-order valence-electron chi connectivity index (χ1n) is 11.4. The Labute approximate surface area is 190 Å². The number of carbonyl (C=O) groups is 1. The highest BCUT2D eigenvalue weighted by molar-refractivity contribution is 5.91. The molecule has 3 saturated carbocycles. The number of hydrogen-bond donors (Lipinski definition) is 3. The molecule has 8 nitrogen and oxygen atoms in total. The van der Waals surface area contributed by atoms with Gasteiger partial charge in [-0.1, -0.05) is 30.3 Å². The maximum Gasteiger partial charge on any atom is 0.308 e. The van der Waals surface area contributed by atoms with Crippen LogP contribution >= 0.6 is 0 Å². The van der Waals surface area contributed by atoms with Crippen LogP contribution in [-0.2, 0) is 4.79 Å². The molecule has 0 amide bonds. The lowest BCUT2D eigenvalue weighted by atomic mass is 9.61. The van der Waals surface area contributed by atoms with Gasteiger partial charge in [0.15, 0.2) is 5.82 Å². The molecule has 7 rings (SSSR count). The highest BCUT2D eigenvalue weighted by Crippen LogP contribution is 2.46. The molecule has 0 spiro atoms. The number of aromatic nitrogens is 5. The number of hydrogen-bond acceptors (Lipinski definition) is 6. The molecule has 33 heavy (non-hydrogen) atoms. The standard InChI is InChI=1S/C25H24N6O2/c32-25(33)21-15-6-8-16(9-7-15)22(21)30-20-10-19(14-4-2-1-3-5-14)29-24(31-20)18-12-27-23-17(18)11-26-13-28-23/h1-5,10-13,15-16,21-22H,6-9H2,(H,32,33)(H,26,27,28)(H,29,30,31)/t15?,16?,21-,22-/m0/s1. The summed E-state index contributed by atoms with van der Waals surface area (Å²) in [6.45, 7) is 0. The number of nitrogens with zero attached hydrogens (tertiary/aromatic N) is 4. The van der Waals surface area contributed by atoms with Gasteiger partial charge in [-0.25, -0.2) is 19.9 Å². The molecule has 166 valence electrons. The smallest absolute Gasteiger partial charge is 0.308 e. The summed E-state index contributed by atoms with van der Waals surface area (Å²) in [5, 5.41) is 14.3. The van der Waals surface area contributed by atoms with E-state index in [1.54, 1.807) is 6.20 Å². The highest BCUT2D eigenvalue weighted by atomic mass is 16.4. The van der Waals surface area contributed by atoms with Crippen LogP contribution in [0, 0.1) is 17.8 Å². The van der Waals surface area contributed by atoms with Crippen LogP contribution < -0.4 is 5.32 Å². The molecule has 4 aromatic rings. The summed E-state index contributed by atoms with van der Waals surface area (Å²) >= 11 is 0. The summed E-state index contributed by atoms with van der Waals surface area (Å²) in [6.07, 6.45) is 9.22. The van der Waals surface area contributed by atoms with Gasteiger partial charge in [-0.05, 0) is 37.5 Å².